The van der Waals surface area contributed by atoms with Gasteiger partial charge in [0, 0.05) is 23.1 Å². The van der Waals surface area contributed by atoms with E-state index >= 15 is 0 Å². The van der Waals surface area contributed by atoms with Crippen molar-refractivity contribution >= 4 is 23.3 Å². The molecular weight excluding hydrogens is 220 g/mol. The van der Waals surface area contributed by atoms with Gasteiger partial charge in [0.25, 0.3) is 0 Å². The molecule has 1 heterocycles. The lowest BCUT2D eigenvalue weighted by molar-refractivity contribution is 0.723. The van der Waals surface area contributed by atoms with Crippen LogP contribution in [0.3, 0.4) is 0 Å². The van der Waals surface area contributed by atoms with Gasteiger partial charge in [-0.3, -0.25) is 0 Å². The zero-order valence-electron chi connectivity index (χ0n) is 9.36. The number of benzene rings is 1. The van der Waals surface area contributed by atoms with Crippen molar-refractivity contribution in [3.8, 4) is 0 Å². The maximum atomic E-state index is 6.13. The highest BCUT2D eigenvalue weighted by Gasteiger charge is 2.10. The van der Waals surface area contributed by atoms with Gasteiger partial charge in [-0.25, -0.2) is 0 Å². The first-order valence-corrected chi connectivity index (χ1v) is 5.14. The molecule has 2 aromatic rings. The van der Waals surface area contributed by atoms with Gasteiger partial charge in [-0.2, -0.15) is 0 Å². The minimum Gasteiger partial charge on any atom is -0.361 e. The van der Waals surface area contributed by atoms with Crippen molar-refractivity contribution in [2.24, 2.45) is 5.73 Å². The Bertz CT molecular complexity index is 487. The van der Waals surface area contributed by atoms with Crippen LogP contribution in [0.5, 0.6) is 0 Å². The summed E-state index contributed by atoms with van der Waals surface area (Å²) in [6.07, 6.45) is 2.83. The Kier molecular flexibility index (Phi) is 4.16. The molecule has 1 aromatic carbocycles. The third-order valence-electron chi connectivity index (χ3n) is 2.59. The van der Waals surface area contributed by atoms with Gasteiger partial charge in [-0.1, -0.05) is 23.8 Å². The zero-order valence-corrected chi connectivity index (χ0v) is 10.2. The molecule has 2 rings (SSSR count). The second-order valence-corrected chi connectivity index (χ2v) is 4.06. The van der Waals surface area contributed by atoms with Gasteiger partial charge in [0.05, 0.1) is 0 Å². The number of rotatable bonds is 3. The predicted octanol–water partition coefficient (Wildman–Crippen LogP) is 3.56. The van der Waals surface area contributed by atoms with Crippen LogP contribution in [0.25, 0.3) is 10.9 Å². The SMILES string of the molecule is C=C(C)C[C@H](N)c1c[nH]c2ccccc12.Cl. The van der Waals surface area contributed by atoms with Gasteiger partial charge in [-0.15, -0.1) is 19.0 Å². The van der Waals surface area contributed by atoms with Crippen LogP contribution < -0.4 is 5.73 Å². The van der Waals surface area contributed by atoms with E-state index in [1.807, 2.05) is 25.3 Å². The highest BCUT2D eigenvalue weighted by atomic mass is 35.5. The Labute approximate surface area is 102 Å². The molecule has 0 saturated heterocycles. The summed E-state index contributed by atoms with van der Waals surface area (Å²) in [5.41, 5.74) is 9.56. The van der Waals surface area contributed by atoms with Gasteiger partial charge in [0.15, 0.2) is 0 Å². The molecule has 0 radical (unpaired) electrons. The summed E-state index contributed by atoms with van der Waals surface area (Å²) < 4.78 is 0. The van der Waals surface area contributed by atoms with E-state index in [2.05, 4.69) is 23.7 Å². The van der Waals surface area contributed by atoms with E-state index in [-0.39, 0.29) is 18.4 Å². The fourth-order valence-corrected chi connectivity index (χ4v) is 1.89. The second-order valence-electron chi connectivity index (χ2n) is 4.06. The van der Waals surface area contributed by atoms with E-state index in [4.69, 9.17) is 5.73 Å². The van der Waals surface area contributed by atoms with Crippen LogP contribution in [0.4, 0.5) is 0 Å². The highest BCUT2D eigenvalue weighted by molar-refractivity contribution is 5.85. The molecule has 0 unspecified atom stereocenters. The first kappa shape index (κ1) is 12.8. The first-order valence-electron chi connectivity index (χ1n) is 5.14. The van der Waals surface area contributed by atoms with Gasteiger partial charge < -0.3 is 10.7 Å². The lowest BCUT2D eigenvalue weighted by Gasteiger charge is -2.10. The second kappa shape index (κ2) is 5.19. The smallest absolute Gasteiger partial charge is 0.0457 e. The van der Waals surface area contributed by atoms with Crippen LogP contribution in [0, 0.1) is 0 Å². The number of nitrogens with two attached hydrogens (primary N) is 1. The van der Waals surface area contributed by atoms with Gasteiger partial charge in [0.2, 0.25) is 0 Å². The minimum absolute atomic E-state index is 0. The van der Waals surface area contributed by atoms with Gasteiger partial charge in [-0.05, 0) is 25.0 Å². The molecule has 3 N–H and O–H groups in total. The fourth-order valence-electron chi connectivity index (χ4n) is 1.89. The quantitative estimate of drug-likeness (QED) is 0.787. The molecular formula is C13H17ClN2. The Hall–Kier alpha value is -1.25. The van der Waals surface area contributed by atoms with Crippen LogP contribution in [-0.4, -0.2) is 4.98 Å². The van der Waals surface area contributed by atoms with Crippen LogP contribution >= 0.6 is 12.4 Å². The molecule has 0 spiro atoms. The predicted molar refractivity (Wildman–Crippen MR) is 71.9 cm³/mol. The van der Waals surface area contributed by atoms with Crippen LogP contribution in [0.2, 0.25) is 0 Å². The van der Waals surface area contributed by atoms with Crippen molar-refractivity contribution in [3.05, 3.63) is 48.2 Å². The Morgan fingerprint density at radius 3 is 2.81 bits per heavy atom. The number of para-hydroxylation sites is 1. The lowest BCUT2D eigenvalue weighted by Crippen LogP contribution is -2.09. The Morgan fingerprint density at radius 1 is 1.44 bits per heavy atom. The van der Waals surface area contributed by atoms with Crippen molar-refractivity contribution in [3.63, 3.8) is 0 Å². The number of hydrogen-bond acceptors (Lipinski definition) is 1. The zero-order chi connectivity index (χ0) is 10.8. The Balaban J connectivity index is 0.00000128. The molecule has 1 atom stereocenters. The Morgan fingerprint density at radius 2 is 2.12 bits per heavy atom. The van der Waals surface area contributed by atoms with E-state index < -0.39 is 0 Å². The average Bonchev–Trinajstić information content (AvgIpc) is 2.59. The average molecular weight is 237 g/mol. The third-order valence-corrected chi connectivity index (χ3v) is 2.59. The molecule has 1 aromatic heterocycles. The van der Waals surface area contributed by atoms with Crippen LogP contribution in [-0.2, 0) is 0 Å². The molecule has 3 heteroatoms. The molecule has 2 nitrogen and oxygen atoms in total. The molecule has 16 heavy (non-hydrogen) atoms. The highest BCUT2D eigenvalue weighted by Crippen LogP contribution is 2.25. The van der Waals surface area contributed by atoms with E-state index in [1.165, 1.54) is 10.9 Å². The standard InChI is InChI=1S/C13H16N2.ClH/c1-9(2)7-12(14)11-8-15-13-6-4-3-5-10(11)13;/h3-6,8,12,15H,1,7,14H2,2H3;1H/t12-;/m0./s1. The van der Waals surface area contributed by atoms with Crippen molar-refractivity contribution in [1.29, 1.82) is 0 Å². The van der Waals surface area contributed by atoms with E-state index in [1.54, 1.807) is 0 Å². The van der Waals surface area contributed by atoms with E-state index in [9.17, 15) is 0 Å². The van der Waals surface area contributed by atoms with Gasteiger partial charge in [0.1, 0.15) is 0 Å². The molecule has 0 fully saturated rings. The van der Waals surface area contributed by atoms with Crippen molar-refractivity contribution in [1.82, 2.24) is 4.98 Å². The summed E-state index contributed by atoms with van der Waals surface area (Å²) in [5.74, 6) is 0. The van der Waals surface area contributed by atoms with Crippen LogP contribution in [0.15, 0.2) is 42.6 Å². The maximum absolute atomic E-state index is 6.13. The van der Waals surface area contributed by atoms with E-state index in [0.29, 0.717) is 0 Å². The van der Waals surface area contributed by atoms with Crippen molar-refractivity contribution in [2.45, 2.75) is 19.4 Å². The number of fused-ring (bicyclic) bond motifs is 1. The molecule has 0 aliphatic rings. The summed E-state index contributed by atoms with van der Waals surface area (Å²) in [5, 5.41) is 1.21. The normalized spacial score (nSPS) is 12.1. The molecule has 0 amide bonds. The third kappa shape index (κ3) is 2.46. The minimum atomic E-state index is 0. The number of H-pyrrole nitrogens is 1. The number of hydrogen-bond donors (Lipinski definition) is 2. The summed E-state index contributed by atoms with van der Waals surface area (Å²) >= 11 is 0. The molecule has 0 saturated carbocycles. The molecule has 86 valence electrons. The van der Waals surface area contributed by atoms with E-state index in [0.717, 1.165) is 17.5 Å². The van der Waals surface area contributed by atoms with Crippen molar-refractivity contribution in [2.75, 3.05) is 0 Å². The summed E-state index contributed by atoms with van der Waals surface area (Å²) in [7, 11) is 0. The summed E-state index contributed by atoms with van der Waals surface area (Å²) in [6.45, 7) is 5.90. The molecule has 0 aliphatic heterocycles. The summed E-state index contributed by atoms with van der Waals surface area (Å²) in [6, 6.07) is 8.25. The fraction of sp³-hybridized carbons (Fsp3) is 0.231. The van der Waals surface area contributed by atoms with Crippen molar-refractivity contribution < 1.29 is 0 Å². The molecule has 0 aliphatic carbocycles. The molecule has 0 bridgehead atoms. The van der Waals surface area contributed by atoms with Crippen LogP contribution in [0.1, 0.15) is 24.9 Å². The number of halogens is 1. The largest absolute Gasteiger partial charge is 0.361 e. The number of nitrogens with one attached hydrogen (secondary N) is 1. The number of aromatic amines is 1. The monoisotopic (exact) mass is 236 g/mol. The lowest BCUT2D eigenvalue weighted by atomic mass is 10.0. The van der Waals surface area contributed by atoms with Gasteiger partial charge >= 0.3 is 0 Å². The summed E-state index contributed by atoms with van der Waals surface area (Å²) in [4.78, 5) is 3.23. The number of aromatic nitrogens is 1. The first-order chi connectivity index (χ1) is 7.18. The maximum Gasteiger partial charge on any atom is 0.0457 e. The topological polar surface area (TPSA) is 41.8 Å².